The molecule has 1 aliphatic rings. The van der Waals surface area contributed by atoms with E-state index in [9.17, 15) is 0 Å². The van der Waals surface area contributed by atoms with Crippen molar-refractivity contribution in [3.63, 3.8) is 0 Å². The second kappa shape index (κ2) is 5.30. The van der Waals surface area contributed by atoms with Crippen molar-refractivity contribution in [1.82, 2.24) is 0 Å². The number of thiophene rings is 1. The number of hydrogen-bond donors (Lipinski definition) is 1. The van der Waals surface area contributed by atoms with Crippen LogP contribution < -0.4 is 5.73 Å². The zero-order chi connectivity index (χ0) is 9.42. The fourth-order valence-electron chi connectivity index (χ4n) is 1.37. The third-order valence-electron chi connectivity index (χ3n) is 2.31. The van der Waals surface area contributed by atoms with Crippen LogP contribution in [0.15, 0.2) is 14.3 Å². The van der Waals surface area contributed by atoms with Gasteiger partial charge in [0.25, 0.3) is 0 Å². The Labute approximate surface area is 111 Å². The quantitative estimate of drug-likeness (QED) is 0.843. The number of rotatable bonds is 3. The largest absolute Gasteiger partial charge is 0.323 e. The van der Waals surface area contributed by atoms with Crippen LogP contribution in [-0.2, 0) is 0 Å². The van der Waals surface area contributed by atoms with Crippen LogP contribution in [0.5, 0.6) is 0 Å². The molecule has 1 aromatic rings. The molecular weight excluding hydrogens is 349 g/mol. The Kier molecular flexibility index (Phi) is 4.91. The van der Waals surface area contributed by atoms with E-state index in [4.69, 9.17) is 5.73 Å². The molecule has 0 saturated heterocycles. The van der Waals surface area contributed by atoms with Crippen molar-refractivity contribution in [2.24, 2.45) is 11.7 Å². The molecule has 80 valence electrons. The summed E-state index contributed by atoms with van der Waals surface area (Å²) in [5.74, 6) is 0.898. The Hall–Kier alpha value is 0.910. The molecule has 1 fully saturated rings. The van der Waals surface area contributed by atoms with E-state index in [1.54, 1.807) is 11.3 Å². The van der Waals surface area contributed by atoms with Crippen LogP contribution in [0.4, 0.5) is 0 Å². The first-order valence-corrected chi connectivity index (χ1v) is 6.77. The molecule has 0 radical (unpaired) electrons. The van der Waals surface area contributed by atoms with Crippen LogP contribution in [0.25, 0.3) is 0 Å². The summed E-state index contributed by atoms with van der Waals surface area (Å²) >= 11 is 8.69. The average Bonchev–Trinajstić information content (AvgIpc) is 2.81. The van der Waals surface area contributed by atoms with Crippen molar-refractivity contribution in [1.29, 1.82) is 0 Å². The highest BCUT2D eigenvalue weighted by molar-refractivity contribution is 9.13. The van der Waals surface area contributed by atoms with Crippen molar-refractivity contribution >= 4 is 55.6 Å². The van der Waals surface area contributed by atoms with Gasteiger partial charge in [-0.2, -0.15) is 0 Å². The van der Waals surface area contributed by atoms with E-state index in [-0.39, 0.29) is 18.4 Å². The SMILES string of the molecule is Cl.N[C@H](CC1CC1)c1cc(Br)c(Br)s1. The normalized spacial score (nSPS) is 17.6. The monoisotopic (exact) mass is 359 g/mol. The molecule has 1 nitrogen and oxygen atoms in total. The minimum Gasteiger partial charge on any atom is -0.323 e. The molecule has 0 aromatic carbocycles. The first-order chi connectivity index (χ1) is 6.16. The maximum absolute atomic E-state index is 6.09. The number of halogens is 3. The van der Waals surface area contributed by atoms with Gasteiger partial charge in [0.15, 0.2) is 0 Å². The molecular formula is C9H12Br2ClNS. The third-order valence-corrected chi connectivity index (χ3v) is 5.70. The molecule has 0 spiro atoms. The van der Waals surface area contributed by atoms with Gasteiger partial charge in [-0.3, -0.25) is 0 Å². The van der Waals surface area contributed by atoms with Gasteiger partial charge in [0.1, 0.15) is 0 Å². The van der Waals surface area contributed by atoms with Gasteiger partial charge in [-0.05, 0) is 50.3 Å². The van der Waals surface area contributed by atoms with Gasteiger partial charge >= 0.3 is 0 Å². The molecule has 1 aliphatic carbocycles. The Morgan fingerprint density at radius 2 is 2.14 bits per heavy atom. The van der Waals surface area contributed by atoms with Gasteiger partial charge in [0.2, 0.25) is 0 Å². The van der Waals surface area contributed by atoms with Crippen LogP contribution >= 0.6 is 55.6 Å². The number of nitrogens with two attached hydrogens (primary N) is 1. The zero-order valence-corrected chi connectivity index (χ0v) is 12.3. The average molecular weight is 362 g/mol. The molecule has 5 heteroatoms. The van der Waals surface area contributed by atoms with Crippen molar-refractivity contribution in [2.75, 3.05) is 0 Å². The van der Waals surface area contributed by atoms with Crippen molar-refractivity contribution in [2.45, 2.75) is 25.3 Å². The minimum atomic E-state index is 0. The second-order valence-electron chi connectivity index (χ2n) is 3.56. The fraction of sp³-hybridized carbons (Fsp3) is 0.556. The van der Waals surface area contributed by atoms with Crippen LogP contribution in [0.1, 0.15) is 30.2 Å². The topological polar surface area (TPSA) is 26.0 Å². The van der Waals surface area contributed by atoms with Crippen LogP contribution in [0.3, 0.4) is 0 Å². The molecule has 2 rings (SSSR count). The van der Waals surface area contributed by atoms with Gasteiger partial charge in [0.05, 0.1) is 3.79 Å². The minimum absolute atomic E-state index is 0. The van der Waals surface area contributed by atoms with Gasteiger partial charge < -0.3 is 5.73 Å². The van der Waals surface area contributed by atoms with Crippen molar-refractivity contribution in [3.05, 3.63) is 19.2 Å². The molecule has 2 N–H and O–H groups in total. The van der Waals surface area contributed by atoms with E-state index >= 15 is 0 Å². The molecule has 0 amide bonds. The highest BCUT2D eigenvalue weighted by Crippen LogP contribution is 2.41. The molecule has 1 saturated carbocycles. The predicted octanol–water partition coefficient (Wildman–Crippen LogP) is 4.49. The maximum Gasteiger partial charge on any atom is 0.0843 e. The molecule has 1 heterocycles. The second-order valence-corrected chi connectivity index (χ2v) is 6.81. The van der Waals surface area contributed by atoms with Crippen LogP contribution in [0, 0.1) is 5.92 Å². The van der Waals surface area contributed by atoms with E-state index in [1.807, 2.05) is 0 Å². The lowest BCUT2D eigenvalue weighted by molar-refractivity contribution is 0.605. The van der Waals surface area contributed by atoms with Gasteiger partial charge in [-0.1, -0.05) is 12.8 Å². The summed E-state index contributed by atoms with van der Waals surface area (Å²) in [6, 6.07) is 2.36. The molecule has 0 unspecified atom stereocenters. The van der Waals surface area contributed by atoms with E-state index in [0.29, 0.717) is 0 Å². The molecule has 0 aliphatic heterocycles. The zero-order valence-electron chi connectivity index (χ0n) is 7.50. The predicted molar refractivity (Wildman–Crippen MR) is 71.2 cm³/mol. The Morgan fingerprint density at radius 1 is 1.50 bits per heavy atom. The summed E-state index contributed by atoms with van der Waals surface area (Å²) < 4.78 is 2.27. The Balaban J connectivity index is 0.000000980. The van der Waals surface area contributed by atoms with Crippen molar-refractivity contribution in [3.8, 4) is 0 Å². The summed E-state index contributed by atoms with van der Waals surface area (Å²) in [4.78, 5) is 1.28. The maximum atomic E-state index is 6.09. The van der Waals surface area contributed by atoms with Crippen LogP contribution in [0.2, 0.25) is 0 Å². The first kappa shape index (κ1) is 13.0. The van der Waals surface area contributed by atoms with Crippen molar-refractivity contribution < 1.29 is 0 Å². The van der Waals surface area contributed by atoms with E-state index in [1.165, 1.54) is 17.7 Å². The molecule has 14 heavy (non-hydrogen) atoms. The van der Waals surface area contributed by atoms with E-state index < -0.39 is 0 Å². The first-order valence-electron chi connectivity index (χ1n) is 4.37. The Morgan fingerprint density at radius 3 is 2.57 bits per heavy atom. The molecule has 1 atom stereocenters. The lowest BCUT2D eigenvalue weighted by Gasteiger charge is -2.06. The smallest absolute Gasteiger partial charge is 0.0843 e. The standard InChI is InChI=1S/C9H11Br2NS.ClH/c10-6-4-8(13-9(6)11)7(12)3-5-1-2-5;/h4-5,7H,1-3,12H2;1H/t7-;/m1./s1. The fourth-order valence-corrected chi connectivity index (χ4v) is 3.48. The summed E-state index contributed by atoms with van der Waals surface area (Å²) in [6.45, 7) is 0. The molecule has 0 bridgehead atoms. The summed E-state index contributed by atoms with van der Waals surface area (Å²) in [7, 11) is 0. The summed E-state index contributed by atoms with van der Waals surface area (Å²) in [6.07, 6.45) is 3.90. The van der Waals surface area contributed by atoms with Gasteiger partial charge in [-0.15, -0.1) is 23.7 Å². The van der Waals surface area contributed by atoms with Gasteiger partial charge in [-0.25, -0.2) is 0 Å². The highest BCUT2D eigenvalue weighted by atomic mass is 79.9. The van der Waals surface area contributed by atoms with Gasteiger partial charge in [0, 0.05) is 15.4 Å². The summed E-state index contributed by atoms with van der Waals surface area (Å²) in [5.41, 5.74) is 6.09. The molecule has 1 aromatic heterocycles. The van der Waals surface area contributed by atoms with E-state index in [0.717, 1.165) is 20.6 Å². The van der Waals surface area contributed by atoms with Crippen LogP contribution in [-0.4, -0.2) is 0 Å². The third kappa shape index (κ3) is 3.20. The number of hydrogen-bond acceptors (Lipinski definition) is 2. The lowest BCUT2D eigenvalue weighted by Crippen LogP contribution is -2.08. The Bertz CT molecular complexity index is 292. The lowest BCUT2D eigenvalue weighted by atomic mass is 10.1. The van der Waals surface area contributed by atoms with E-state index in [2.05, 4.69) is 37.9 Å². The summed E-state index contributed by atoms with van der Waals surface area (Å²) in [5, 5.41) is 0. The highest BCUT2D eigenvalue weighted by Gasteiger charge is 2.25.